The Hall–Kier alpha value is -5.63. The zero-order chi connectivity index (χ0) is 42.9. The van der Waals surface area contributed by atoms with Gasteiger partial charge in [0.1, 0.15) is 38.8 Å². The molecule has 16 nitrogen and oxygen atoms in total. The number of ether oxygens (including phenoxy) is 2. The first-order valence-corrected chi connectivity index (χ1v) is 21.4. The van der Waals surface area contributed by atoms with E-state index in [1.807, 2.05) is 0 Å². The summed E-state index contributed by atoms with van der Waals surface area (Å²) < 4.78 is 117. The minimum absolute atomic E-state index is 0.0175. The van der Waals surface area contributed by atoms with Crippen LogP contribution in [0.15, 0.2) is 58.0 Å². The molecule has 21 heteroatoms. The van der Waals surface area contributed by atoms with Gasteiger partial charge < -0.3 is 29.2 Å². The average Bonchev–Trinajstić information content (AvgIpc) is 3.90. The molecule has 8 rings (SSSR count). The van der Waals surface area contributed by atoms with Crippen LogP contribution in [0.3, 0.4) is 0 Å². The van der Waals surface area contributed by atoms with Crippen LogP contribution in [0.2, 0.25) is 0 Å². The number of allylic oxidation sites excluding steroid dienone is 2. The SMILES string of the molecule is Cc1c(S(=O)(=O)NC2(C)COC2)c2n(c1C(=O)Nc1ccnc(C(F)F)c1)CC(Cc1c(S(=O)(=O)NC3(C)COC3)c3n(c1C(=O)Nc1ccc(F)c(C#N)c1)CC=C3)=C2. The summed E-state index contributed by atoms with van der Waals surface area (Å²) in [5.74, 6) is -2.40. The highest BCUT2D eigenvalue weighted by Crippen LogP contribution is 2.40. The molecule has 4 aliphatic rings. The molecular weight excluding hydrogens is 830 g/mol. The van der Waals surface area contributed by atoms with Crippen molar-refractivity contribution in [3.05, 3.63) is 99.2 Å². The van der Waals surface area contributed by atoms with E-state index in [0.29, 0.717) is 5.57 Å². The first-order valence-electron chi connectivity index (χ1n) is 18.5. The number of rotatable bonds is 13. The molecule has 0 bridgehead atoms. The molecule has 0 aliphatic carbocycles. The highest BCUT2D eigenvalue weighted by Gasteiger charge is 2.44. The van der Waals surface area contributed by atoms with Crippen LogP contribution in [-0.2, 0) is 49.0 Å². The van der Waals surface area contributed by atoms with Gasteiger partial charge in [-0.1, -0.05) is 6.08 Å². The van der Waals surface area contributed by atoms with E-state index in [0.717, 1.165) is 24.4 Å². The predicted octanol–water partition coefficient (Wildman–Crippen LogP) is 4.25. The van der Waals surface area contributed by atoms with Gasteiger partial charge in [0.15, 0.2) is 0 Å². The average molecular weight is 867 g/mol. The Morgan fingerprint density at radius 2 is 1.52 bits per heavy atom. The lowest BCUT2D eigenvalue weighted by Gasteiger charge is -2.38. The molecule has 60 heavy (non-hydrogen) atoms. The molecule has 1 aromatic carbocycles. The summed E-state index contributed by atoms with van der Waals surface area (Å²) >= 11 is 0. The van der Waals surface area contributed by atoms with Gasteiger partial charge in [-0.25, -0.2) is 39.5 Å². The van der Waals surface area contributed by atoms with E-state index in [1.165, 1.54) is 34.3 Å². The molecule has 2 saturated heterocycles. The van der Waals surface area contributed by atoms with Crippen LogP contribution >= 0.6 is 0 Å². The van der Waals surface area contributed by atoms with Crippen molar-refractivity contribution >= 4 is 55.4 Å². The Kier molecular flexibility index (Phi) is 10.2. The second-order valence-electron chi connectivity index (χ2n) is 15.6. The lowest BCUT2D eigenvalue weighted by molar-refractivity contribution is -0.0523. The van der Waals surface area contributed by atoms with Crippen molar-refractivity contribution in [2.24, 2.45) is 0 Å². The van der Waals surface area contributed by atoms with Gasteiger partial charge in [0.2, 0.25) is 20.0 Å². The molecule has 2 fully saturated rings. The fraction of sp³-hybridized carbons (Fsp3) is 0.333. The summed E-state index contributed by atoms with van der Waals surface area (Å²) in [6, 6.07) is 7.43. The van der Waals surface area contributed by atoms with Crippen LogP contribution in [0.4, 0.5) is 24.5 Å². The second-order valence-corrected chi connectivity index (χ2v) is 18.8. The van der Waals surface area contributed by atoms with E-state index >= 15 is 0 Å². The van der Waals surface area contributed by atoms with Crippen LogP contribution in [0.1, 0.15) is 75.0 Å². The number of aromatic nitrogens is 3. The Bertz CT molecular complexity index is 2840. The number of hydrogen-bond acceptors (Lipinski definition) is 10. The number of carbonyl (C=O) groups is 2. The third-order valence-electron chi connectivity index (χ3n) is 10.5. The number of amides is 2. The summed E-state index contributed by atoms with van der Waals surface area (Å²) in [6.07, 6.45) is 2.69. The topological polar surface area (TPSA) is 216 Å². The minimum atomic E-state index is -4.40. The molecule has 4 aromatic rings. The van der Waals surface area contributed by atoms with E-state index in [9.17, 15) is 44.9 Å². The Labute approximate surface area is 342 Å². The summed E-state index contributed by atoms with van der Waals surface area (Å²) in [5, 5.41) is 14.6. The number of fused-ring (bicyclic) bond motifs is 2. The maximum atomic E-state index is 14.4. The molecule has 0 unspecified atom stereocenters. The molecule has 0 atom stereocenters. The molecule has 2 amide bonds. The third-order valence-corrected chi connectivity index (χ3v) is 14.1. The van der Waals surface area contributed by atoms with Gasteiger partial charge in [0.05, 0.1) is 54.5 Å². The van der Waals surface area contributed by atoms with Gasteiger partial charge in [0, 0.05) is 41.8 Å². The number of pyridine rings is 1. The number of sulfonamides is 2. The fourth-order valence-electron chi connectivity index (χ4n) is 7.88. The molecule has 0 spiro atoms. The molecule has 0 saturated carbocycles. The summed E-state index contributed by atoms with van der Waals surface area (Å²) in [7, 11) is -8.78. The van der Waals surface area contributed by atoms with E-state index in [1.54, 1.807) is 32.1 Å². The smallest absolute Gasteiger partial charge is 0.280 e. The summed E-state index contributed by atoms with van der Waals surface area (Å²) in [4.78, 5) is 31.5. The van der Waals surface area contributed by atoms with Crippen LogP contribution in [0, 0.1) is 24.1 Å². The standard InChI is InChI=1S/C39H37F3N8O8S2/c1-21-31(36(51)46-25-8-9-44-28(14-25)35(41)42)50-16-22(12-30(50)33(21)59(53,54)47-38(2)17-57-18-38)11-26-32(37(52)45-24-6-7-27(40)23(13-24)15-43)49-10-4-5-29(49)34(26)60(55,56)48-39(3)19-58-20-39/h4-9,12-14,35,47-48H,10-11,16-20H2,1-3H3,(H,45,52)(H,44,46,51). The first-order chi connectivity index (χ1) is 28.3. The van der Waals surface area contributed by atoms with Crippen molar-refractivity contribution in [3.63, 3.8) is 0 Å². The van der Waals surface area contributed by atoms with Gasteiger partial charge in [-0.3, -0.25) is 14.6 Å². The first kappa shape index (κ1) is 41.1. The van der Waals surface area contributed by atoms with E-state index in [4.69, 9.17) is 9.47 Å². The van der Waals surface area contributed by atoms with Crippen LogP contribution in [0.5, 0.6) is 0 Å². The van der Waals surface area contributed by atoms with Crippen LogP contribution in [-0.4, -0.2) is 80.3 Å². The molecule has 314 valence electrons. The third kappa shape index (κ3) is 7.32. The number of nitrogens with one attached hydrogen (secondary N) is 4. The van der Waals surface area contributed by atoms with Gasteiger partial charge >= 0.3 is 0 Å². The van der Waals surface area contributed by atoms with Crippen molar-refractivity contribution in [2.75, 3.05) is 37.1 Å². The van der Waals surface area contributed by atoms with Crippen molar-refractivity contribution in [1.82, 2.24) is 23.6 Å². The number of alkyl halides is 2. The van der Waals surface area contributed by atoms with Crippen molar-refractivity contribution in [2.45, 2.75) is 67.6 Å². The normalized spacial score (nSPS) is 17.3. The second kappa shape index (κ2) is 14.8. The number of nitriles is 1. The van der Waals surface area contributed by atoms with E-state index < -0.39 is 60.9 Å². The van der Waals surface area contributed by atoms with E-state index in [-0.39, 0.29) is 107 Å². The predicted molar refractivity (Wildman–Crippen MR) is 210 cm³/mol. The highest BCUT2D eigenvalue weighted by atomic mass is 32.2. The minimum Gasteiger partial charge on any atom is -0.377 e. The van der Waals surface area contributed by atoms with Gasteiger partial charge in [-0.15, -0.1) is 0 Å². The van der Waals surface area contributed by atoms with Gasteiger partial charge in [-0.2, -0.15) is 5.26 Å². The quantitative estimate of drug-likeness (QED) is 0.150. The maximum Gasteiger partial charge on any atom is 0.280 e. The Morgan fingerprint density at radius 3 is 2.12 bits per heavy atom. The fourth-order valence-corrected chi connectivity index (χ4v) is 11.5. The number of carbonyl (C=O) groups excluding carboxylic acids is 2. The van der Waals surface area contributed by atoms with Crippen molar-refractivity contribution in [1.29, 1.82) is 5.26 Å². The van der Waals surface area contributed by atoms with Gasteiger partial charge in [-0.05, 0) is 75.2 Å². The number of nitrogens with zero attached hydrogens (tertiary/aromatic N) is 4. The number of anilines is 2. The van der Waals surface area contributed by atoms with Crippen molar-refractivity contribution < 1.29 is 49.1 Å². The molecule has 4 N–H and O–H groups in total. The molecular formula is C39H37F3N8O8S2. The summed E-state index contributed by atoms with van der Waals surface area (Å²) in [6.45, 7) is 5.11. The zero-order valence-electron chi connectivity index (χ0n) is 32.2. The van der Waals surface area contributed by atoms with E-state index in [2.05, 4.69) is 25.1 Å². The Balaban J connectivity index is 1.24. The van der Waals surface area contributed by atoms with Gasteiger partial charge in [0.25, 0.3) is 18.2 Å². The van der Waals surface area contributed by atoms with Crippen molar-refractivity contribution in [3.8, 4) is 6.07 Å². The molecule has 7 heterocycles. The highest BCUT2D eigenvalue weighted by molar-refractivity contribution is 7.90. The van der Waals surface area contributed by atoms with Crippen LogP contribution in [0.25, 0.3) is 12.2 Å². The molecule has 0 radical (unpaired) electrons. The summed E-state index contributed by atoms with van der Waals surface area (Å²) in [5.41, 5.74) is -2.16. The Morgan fingerprint density at radius 1 is 0.900 bits per heavy atom. The lowest BCUT2D eigenvalue weighted by Crippen LogP contribution is -2.59. The molecule has 4 aliphatic heterocycles. The lowest BCUT2D eigenvalue weighted by atomic mass is 10.0. The number of hydrogen-bond donors (Lipinski definition) is 4. The molecule has 3 aromatic heterocycles. The maximum absolute atomic E-state index is 14.4. The monoisotopic (exact) mass is 866 g/mol. The van der Waals surface area contributed by atoms with Crippen LogP contribution < -0.4 is 20.1 Å². The number of benzene rings is 1. The largest absolute Gasteiger partial charge is 0.377 e. The zero-order valence-corrected chi connectivity index (χ0v) is 33.9. The number of halogens is 3.